The van der Waals surface area contributed by atoms with Crippen LogP contribution in [0.15, 0.2) is 0 Å². The third-order valence-electron chi connectivity index (χ3n) is 3.51. The smallest absolute Gasteiger partial charge is 0.410 e. The van der Waals surface area contributed by atoms with E-state index in [2.05, 4.69) is 12.2 Å². The Labute approximate surface area is 97.3 Å². The van der Waals surface area contributed by atoms with Crippen molar-refractivity contribution in [3.8, 4) is 0 Å². The maximum absolute atomic E-state index is 11.7. The first-order chi connectivity index (χ1) is 7.76. The van der Waals surface area contributed by atoms with Crippen molar-refractivity contribution in [1.82, 2.24) is 10.2 Å². The number of nitrogens with one attached hydrogen (secondary N) is 1. The lowest BCUT2D eigenvalue weighted by Gasteiger charge is -2.31. The third-order valence-corrected chi connectivity index (χ3v) is 3.51. The third kappa shape index (κ3) is 2.48. The second kappa shape index (κ2) is 5.04. The molecule has 0 aliphatic carbocycles. The van der Waals surface area contributed by atoms with Gasteiger partial charge in [-0.15, -0.1) is 0 Å². The van der Waals surface area contributed by atoms with Crippen molar-refractivity contribution in [3.63, 3.8) is 0 Å². The van der Waals surface area contributed by atoms with Crippen LogP contribution in [-0.2, 0) is 4.74 Å². The molecular formula is C12H22N2O2. The number of nitrogens with zero attached hydrogens (tertiary/aromatic N) is 1. The van der Waals surface area contributed by atoms with E-state index in [1.165, 1.54) is 12.8 Å². The molecule has 1 amide bonds. The molecule has 1 atom stereocenters. The molecule has 92 valence electrons. The summed E-state index contributed by atoms with van der Waals surface area (Å²) in [7, 11) is 0. The van der Waals surface area contributed by atoms with Crippen LogP contribution in [0.3, 0.4) is 0 Å². The van der Waals surface area contributed by atoms with E-state index in [0.717, 1.165) is 45.4 Å². The van der Waals surface area contributed by atoms with Crippen molar-refractivity contribution in [2.45, 2.75) is 44.6 Å². The van der Waals surface area contributed by atoms with E-state index < -0.39 is 0 Å². The highest BCUT2D eigenvalue weighted by Gasteiger charge is 2.45. The fourth-order valence-corrected chi connectivity index (χ4v) is 2.58. The highest BCUT2D eigenvalue weighted by molar-refractivity contribution is 5.70. The van der Waals surface area contributed by atoms with Crippen molar-refractivity contribution in [3.05, 3.63) is 0 Å². The highest BCUT2D eigenvalue weighted by Crippen LogP contribution is 2.29. The van der Waals surface area contributed by atoms with Crippen LogP contribution in [0.5, 0.6) is 0 Å². The zero-order chi connectivity index (χ0) is 11.4. The summed E-state index contributed by atoms with van der Waals surface area (Å²) in [5.41, 5.74) is -0.221. The van der Waals surface area contributed by atoms with E-state index in [1.54, 1.807) is 0 Å². The van der Waals surface area contributed by atoms with Crippen LogP contribution >= 0.6 is 0 Å². The second-order valence-corrected chi connectivity index (χ2v) is 4.96. The number of hydrogen-bond donors (Lipinski definition) is 1. The van der Waals surface area contributed by atoms with Gasteiger partial charge in [-0.1, -0.05) is 19.8 Å². The molecule has 0 saturated carbocycles. The summed E-state index contributed by atoms with van der Waals surface area (Å²) in [4.78, 5) is 13.6. The topological polar surface area (TPSA) is 41.6 Å². The van der Waals surface area contributed by atoms with Crippen LogP contribution in [-0.4, -0.2) is 42.8 Å². The number of hydrogen-bond acceptors (Lipinski definition) is 3. The van der Waals surface area contributed by atoms with Crippen LogP contribution in [0.4, 0.5) is 4.79 Å². The first-order valence-electron chi connectivity index (χ1n) is 6.44. The largest absolute Gasteiger partial charge is 0.440 e. The SMILES string of the molecule is CCCCCN1CC2(CCCNC2)OC1=O. The summed E-state index contributed by atoms with van der Waals surface area (Å²) in [5.74, 6) is 0. The van der Waals surface area contributed by atoms with Gasteiger partial charge in [-0.2, -0.15) is 0 Å². The quantitative estimate of drug-likeness (QED) is 0.743. The second-order valence-electron chi connectivity index (χ2n) is 4.96. The Kier molecular flexibility index (Phi) is 3.69. The first kappa shape index (κ1) is 11.7. The average molecular weight is 226 g/mol. The molecule has 2 aliphatic rings. The fourth-order valence-electron chi connectivity index (χ4n) is 2.58. The molecule has 0 aromatic rings. The molecule has 1 spiro atoms. The fraction of sp³-hybridized carbons (Fsp3) is 0.917. The summed E-state index contributed by atoms with van der Waals surface area (Å²) >= 11 is 0. The molecule has 0 aromatic carbocycles. The molecule has 4 heteroatoms. The van der Waals surface area contributed by atoms with Crippen LogP contribution in [0.25, 0.3) is 0 Å². The lowest BCUT2D eigenvalue weighted by atomic mass is 9.94. The van der Waals surface area contributed by atoms with Crippen molar-refractivity contribution < 1.29 is 9.53 Å². The van der Waals surface area contributed by atoms with E-state index in [1.807, 2.05) is 4.90 Å². The summed E-state index contributed by atoms with van der Waals surface area (Å²) in [6.07, 6.45) is 5.48. The minimum absolute atomic E-state index is 0.111. The van der Waals surface area contributed by atoms with Gasteiger partial charge in [-0.3, -0.25) is 0 Å². The number of amides is 1. The van der Waals surface area contributed by atoms with Gasteiger partial charge in [0, 0.05) is 13.1 Å². The lowest BCUT2D eigenvalue weighted by molar-refractivity contribution is 0.0366. The lowest BCUT2D eigenvalue weighted by Crippen LogP contribution is -2.48. The Bertz CT molecular complexity index is 249. The number of unbranched alkanes of at least 4 members (excludes halogenated alkanes) is 2. The van der Waals surface area contributed by atoms with Gasteiger partial charge in [0.15, 0.2) is 0 Å². The molecule has 0 aromatic heterocycles. The van der Waals surface area contributed by atoms with Gasteiger partial charge >= 0.3 is 6.09 Å². The predicted molar refractivity (Wildman–Crippen MR) is 62.4 cm³/mol. The van der Waals surface area contributed by atoms with Gasteiger partial charge in [0.25, 0.3) is 0 Å². The summed E-state index contributed by atoms with van der Waals surface area (Å²) < 4.78 is 5.56. The molecule has 4 nitrogen and oxygen atoms in total. The summed E-state index contributed by atoms with van der Waals surface area (Å²) in [5, 5.41) is 3.32. The maximum Gasteiger partial charge on any atom is 0.410 e. The maximum atomic E-state index is 11.7. The number of piperidine rings is 1. The molecule has 2 fully saturated rings. The molecule has 0 radical (unpaired) electrons. The molecule has 1 N–H and O–H groups in total. The monoisotopic (exact) mass is 226 g/mol. The van der Waals surface area contributed by atoms with Gasteiger partial charge in [0.2, 0.25) is 0 Å². The van der Waals surface area contributed by atoms with Gasteiger partial charge < -0.3 is 15.0 Å². The van der Waals surface area contributed by atoms with E-state index in [-0.39, 0.29) is 11.7 Å². The average Bonchev–Trinajstić information content (AvgIpc) is 2.57. The zero-order valence-electron chi connectivity index (χ0n) is 10.1. The van der Waals surface area contributed by atoms with Crippen molar-refractivity contribution in [1.29, 1.82) is 0 Å². The Balaban J connectivity index is 1.85. The number of rotatable bonds is 4. The minimum Gasteiger partial charge on any atom is -0.440 e. The molecule has 0 bridgehead atoms. The molecular weight excluding hydrogens is 204 g/mol. The number of ether oxygens (including phenoxy) is 1. The zero-order valence-corrected chi connectivity index (χ0v) is 10.1. The van der Waals surface area contributed by atoms with Gasteiger partial charge in [0.05, 0.1) is 6.54 Å². The first-order valence-corrected chi connectivity index (χ1v) is 6.44. The van der Waals surface area contributed by atoms with E-state index in [4.69, 9.17) is 4.74 Å². The Morgan fingerprint density at radius 1 is 1.50 bits per heavy atom. The summed E-state index contributed by atoms with van der Waals surface area (Å²) in [6, 6.07) is 0. The normalized spacial score (nSPS) is 29.8. The van der Waals surface area contributed by atoms with Crippen molar-refractivity contribution in [2.24, 2.45) is 0 Å². The minimum atomic E-state index is -0.221. The molecule has 16 heavy (non-hydrogen) atoms. The number of carbonyl (C=O) groups is 1. The Morgan fingerprint density at radius 2 is 2.38 bits per heavy atom. The van der Waals surface area contributed by atoms with Crippen LogP contribution in [0.2, 0.25) is 0 Å². The molecule has 2 saturated heterocycles. The predicted octanol–water partition coefficient (Wildman–Crippen LogP) is 1.75. The van der Waals surface area contributed by atoms with Crippen molar-refractivity contribution >= 4 is 6.09 Å². The number of carbonyl (C=O) groups excluding carboxylic acids is 1. The Morgan fingerprint density at radius 3 is 3.06 bits per heavy atom. The highest BCUT2D eigenvalue weighted by atomic mass is 16.6. The van der Waals surface area contributed by atoms with Crippen LogP contribution < -0.4 is 5.32 Å². The van der Waals surface area contributed by atoms with Gasteiger partial charge in [-0.05, 0) is 25.8 Å². The van der Waals surface area contributed by atoms with Gasteiger partial charge in [0.1, 0.15) is 5.60 Å². The standard InChI is InChI=1S/C12H22N2O2/c1-2-3-4-8-14-10-12(16-11(14)15)6-5-7-13-9-12/h13H,2-10H2,1H3. The molecule has 2 heterocycles. The summed E-state index contributed by atoms with van der Waals surface area (Å²) in [6.45, 7) is 5.68. The van der Waals surface area contributed by atoms with Crippen LogP contribution in [0.1, 0.15) is 39.0 Å². The molecule has 2 rings (SSSR count). The van der Waals surface area contributed by atoms with Gasteiger partial charge in [-0.25, -0.2) is 4.79 Å². The Hall–Kier alpha value is -0.770. The van der Waals surface area contributed by atoms with Crippen molar-refractivity contribution in [2.75, 3.05) is 26.2 Å². The van der Waals surface area contributed by atoms with E-state index >= 15 is 0 Å². The van der Waals surface area contributed by atoms with E-state index in [0.29, 0.717) is 0 Å². The van der Waals surface area contributed by atoms with E-state index in [9.17, 15) is 4.79 Å². The van der Waals surface area contributed by atoms with Crippen LogP contribution in [0, 0.1) is 0 Å². The molecule has 1 unspecified atom stereocenters. The molecule has 2 aliphatic heterocycles.